The SMILES string of the molecule is CCOC(=O)c1ccc(C(C(=O)C(=O)Nc2c(Cl)cncc2Cl)c2ccc3ccccn23)cc1. The number of benzene rings is 1. The second kappa shape index (κ2) is 10.1. The smallest absolute Gasteiger partial charge is 0.338 e. The number of carbonyl (C=O) groups is 3. The molecular weight excluding hydrogens is 477 g/mol. The molecule has 0 bridgehead atoms. The minimum Gasteiger partial charge on any atom is -0.462 e. The van der Waals surface area contributed by atoms with Crippen LogP contribution in [0.15, 0.2) is 73.2 Å². The molecule has 0 saturated carbocycles. The Morgan fingerprint density at radius 1 is 1.00 bits per heavy atom. The van der Waals surface area contributed by atoms with Crippen molar-refractivity contribution in [2.45, 2.75) is 12.8 Å². The highest BCUT2D eigenvalue weighted by molar-refractivity contribution is 6.46. The highest BCUT2D eigenvalue weighted by atomic mass is 35.5. The number of pyridine rings is 2. The van der Waals surface area contributed by atoms with Gasteiger partial charge in [-0.3, -0.25) is 14.6 Å². The Balaban J connectivity index is 1.74. The number of fused-ring (bicyclic) bond motifs is 1. The molecule has 34 heavy (non-hydrogen) atoms. The lowest BCUT2D eigenvalue weighted by Gasteiger charge is -2.18. The number of amides is 1. The zero-order chi connectivity index (χ0) is 24.2. The number of anilines is 1. The summed E-state index contributed by atoms with van der Waals surface area (Å²) in [4.78, 5) is 42.5. The van der Waals surface area contributed by atoms with Crippen molar-refractivity contribution in [3.63, 3.8) is 0 Å². The molecule has 1 N–H and O–H groups in total. The predicted octanol–water partition coefficient (Wildman–Crippen LogP) is 5.16. The number of hydrogen-bond acceptors (Lipinski definition) is 5. The lowest BCUT2D eigenvalue weighted by molar-refractivity contribution is -0.135. The van der Waals surface area contributed by atoms with Gasteiger partial charge in [0.15, 0.2) is 0 Å². The first-order valence-electron chi connectivity index (χ1n) is 10.4. The summed E-state index contributed by atoms with van der Waals surface area (Å²) in [5, 5.41) is 2.73. The molecular formula is C25H19Cl2N3O4. The van der Waals surface area contributed by atoms with Gasteiger partial charge >= 0.3 is 5.97 Å². The van der Waals surface area contributed by atoms with Crippen molar-refractivity contribution in [2.75, 3.05) is 11.9 Å². The summed E-state index contributed by atoms with van der Waals surface area (Å²) >= 11 is 12.2. The Morgan fingerprint density at radius 3 is 2.38 bits per heavy atom. The number of aromatic nitrogens is 2. The third kappa shape index (κ3) is 4.66. The minimum atomic E-state index is -0.958. The van der Waals surface area contributed by atoms with Crippen molar-refractivity contribution < 1.29 is 19.1 Å². The van der Waals surface area contributed by atoms with Crippen LogP contribution in [0.5, 0.6) is 0 Å². The third-order valence-electron chi connectivity index (χ3n) is 5.22. The van der Waals surface area contributed by atoms with Crippen LogP contribution in [0.2, 0.25) is 10.0 Å². The first-order chi connectivity index (χ1) is 16.4. The number of carbonyl (C=O) groups excluding carboxylic acids is 3. The van der Waals surface area contributed by atoms with E-state index in [1.54, 1.807) is 37.3 Å². The van der Waals surface area contributed by atoms with Gasteiger partial charge in [-0.2, -0.15) is 0 Å². The summed E-state index contributed by atoms with van der Waals surface area (Å²) < 4.78 is 6.86. The Bertz CT molecular complexity index is 1360. The summed E-state index contributed by atoms with van der Waals surface area (Å²) in [5.41, 5.74) is 2.43. The van der Waals surface area contributed by atoms with Gasteiger partial charge in [-0.15, -0.1) is 0 Å². The Morgan fingerprint density at radius 2 is 1.71 bits per heavy atom. The van der Waals surface area contributed by atoms with E-state index in [0.717, 1.165) is 5.52 Å². The Kier molecular flexibility index (Phi) is 6.95. The second-order valence-corrected chi connectivity index (χ2v) is 8.14. The molecule has 0 aliphatic heterocycles. The number of hydrogen-bond donors (Lipinski definition) is 1. The van der Waals surface area contributed by atoms with E-state index < -0.39 is 23.6 Å². The monoisotopic (exact) mass is 495 g/mol. The van der Waals surface area contributed by atoms with E-state index in [9.17, 15) is 14.4 Å². The fraction of sp³-hybridized carbons (Fsp3) is 0.120. The average Bonchev–Trinajstić information content (AvgIpc) is 3.26. The largest absolute Gasteiger partial charge is 0.462 e. The number of Topliss-reactive ketones (excluding diaryl/α,β-unsaturated/α-hetero) is 1. The molecule has 9 heteroatoms. The third-order valence-corrected chi connectivity index (χ3v) is 5.80. The molecule has 4 rings (SSSR count). The van der Waals surface area contributed by atoms with Crippen LogP contribution >= 0.6 is 23.2 Å². The molecule has 0 aliphatic carbocycles. The number of nitrogens with zero attached hydrogens (tertiary/aromatic N) is 2. The first kappa shape index (κ1) is 23.5. The van der Waals surface area contributed by atoms with E-state index in [2.05, 4.69) is 10.3 Å². The molecule has 0 radical (unpaired) electrons. The number of ketones is 1. The van der Waals surface area contributed by atoms with Gasteiger partial charge in [0.2, 0.25) is 5.78 Å². The lowest BCUT2D eigenvalue weighted by atomic mass is 9.90. The van der Waals surface area contributed by atoms with Crippen LogP contribution < -0.4 is 5.32 Å². The van der Waals surface area contributed by atoms with Crippen molar-refractivity contribution in [3.8, 4) is 0 Å². The molecule has 1 atom stereocenters. The van der Waals surface area contributed by atoms with E-state index >= 15 is 0 Å². The molecule has 1 amide bonds. The highest BCUT2D eigenvalue weighted by Crippen LogP contribution is 2.31. The maximum Gasteiger partial charge on any atom is 0.338 e. The maximum absolute atomic E-state index is 13.5. The molecule has 0 spiro atoms. The second-order valence-electron chi connectivity index (χ2n) is 7.33. The van der Waals surface area contributed by atoms with Crippen molar-refractivity contribution >= 4 is 52.1 Å². The Labute approximate surface area is 205 Å². The van der Waals surface area contributed by atoms with E-state index in [1.165, 1.54) is 12.4 Å². The predicted molar refractivity (Wildman–Crippen MR) is 130 cm³/mol. The Hall–Kier alpha value is -3.68. The van der Waals surface area contributed by atoms with E-state index in [1.807, 2.05) is 34.9 Å². The van der Waals surface area contributed by atoms with Crippen LogP contribution in [0.25, 0.3) is 5.52 Å². The van der Waals surface area contributed by atoms with Crippen LogP contribution in [0, 0.1) is 0 Å². The number of esters is 1. The zero-order valence-electron chi connectivity index (χ0n) is 18.0. The van der Waals surface area contributed by atoms with Crippen molar-refractivity contribution in [3.05, 3.63) is 100 Å². The van der Waals surface area contributed by atoms with Gasteiger partial charge in [0.05, 0.1) is 33.8 Å². The van der Waals surface area contributed by atoms with Crippen molar-refractivity contribution in [1.82, 2.24) is 9.38 Å². The van der Waals surface area contributed by atoms with Crippen molar-refractivity contribution in [2.24, 2.45) is 0 Å². The topological polar surface area (TPSA) is 89.8 Å². The summed E-state index contributed by atoms with van der Waals surface area (Å²) in [5.74, 6) is -3.04. The summed E-state index contributed by atoms with van der Waals surface area (Å²) in [6, 6.07) is 15.7. The van der Waals surface area contributed by atoms with E-state index in [4.69, 9.17) is 27.9 Å². The lowest BCUT2D eigenvalue weighted by Crippen LogP contribution is -2.30. The summed E-state index contributed by atoms with van der Waals surface area (Å²) in [7, 11) is 0. The molecule has 1 aromatic carbocycles. The zero-order valence-corrected chi connectivity index (χ0v) is 19.5. The fourth-order valence-corrected chi connectivity index (χ4v) is 4.09. The van der Waals surface area contributed by atoms with Gasteiger partial charge in [0, 0.05) is 29.8 Å². The molecule has 7 nitrogen and oxygen atoms in total. The fourth-order valence-electron chi connectivity index (χ4n) is 3.63. The quantitative estimate of drug-likeness (QED) is 0.282. The molecule has 3 heterocycles. The van der Waals surface area contributed by atoms with Crippen LogP contribution in [0.1, 0.15) is 34.5 Å². The molecule has 4 aromatic rings. The molecule has 0 saturated heterocycles. The molecule has 3 aromatic heterocycles. The molecule has 172 valence electrons. The highest BCUT2D eigenvalue weighted by Gasteiger charge is 2.31. The van der Waals surface area contributed by atoms with Gasteiger partial charge in [-0.1, -0.05) is 41.4 Å². The summed E-state index contributed by atoms with van der Waals surface area (Å²) in [6.45, 7) is 1.97. The molecule has 0 fully saturated rings. The minimum absolute atomic E-state index is 0.105. The standard InChI is InChI=1S/C25H19Cl2N3O4/c1-2-34-25(33)16-8-6-15(7-9-16)21(20-11-10-17-5-3-4-12-30(17)20)23(31)24(32)29-22-18(26)13-28-14-19(22)27/h3-14,21H,2H2,1H3,(H,28,29,32). The number of ether oxygens (including phenoxy) is 1. The first-order valence-corrected chi connectivity index (χ1v) is 11.1. The maximum atomic E-state index is 13.5. The van der Waals surface area contributed by atoms with Gasteiger partial charge in [0.1, 0.15) is 0 Å². The van der Waals surface area contributed by atoms with Crippen LogP contribution in [-0.4, -0.2) is 33.7 Å². The van der Waals surface area contributed by atoms with Crippen LogP contribution in [0.4, 0.5) is 5.69 Å². The average molecular weight is 496 g/mol. The number of nitrogens with one attached hydrogen (secondary N) is 1. The van der Waals surface area contributed by atoms with E-state index in [0.29, 0.717) is 16.8 Å². The summed E-state index contributed by atoms with van der Waals surface area (Å²) in [6.07, 6.45) is 4.45. The van der Waals surface area contributed by atoms with Crippen LogP contribution in [0.3, 0.4) is 0 Å². The van der Waals surface area contributed by atoms with Gasteiger partial charge in [0.25, 0.3) is 5.91 Å². The van der Waals surface area contributed by atoms with Crippen molar-refractivity contribution in [1.29, 1.82) is 0 Å². The molecule has 0 aliphatic rings. The normalized spacial score (nSPS) is 11.7. The number of halogens is 2. The van der Waals surface area contributed by atoms with E-state index in [-0.39, 0.29) is 22.3 Å². The van der Waals surface area contributed by atoms with Gasteiger partial charge in [-0.25, -0.2) is 4.79 Å². The number of rotatable bonds is 7. The van der Waals surface area contributed by atoms with Crippen LogP contribution in [-0.2, 0) is 14.3 Å². The molecule has 1 unspecified atom stereocenters. The van der Waals surface area contributed by atoms with Gasteiger partial charge in [-0.05, 0) is 48.9 Å². The van der Waals surface area contributed by atoms with Gasteiger partial charge < -0.3 is 14.5 Å².